The zero-order valence-electron chi connectivity index (χ0n) is 46.6. The Bertz CT molecular complexity index is 1090. The number of amides is 2. The van der Waals surface area contributed by atoms with Crippen LogP contribution in [0.5, 0.6) is 0 Å². The van der Waals surface area contributed by atoms with Gasteiger partial charge in [0.25, 0.3) is 0 Å². The normalized spacial score (nSPS) is 11.5. The molecule has 0 heterocycles. The topological polar surface area (TPSA) is 118 Å². The third kappa shape index (κ3) is 39.7. The lowest BCUT2D eigenvalue weighted by Crippen LogP contribution is -2.39. The lowest BCUT2D eigenvalue weighted by Gasteiger charge is -2.27. The van der Waals surface area contributed by atoms with Crippen molar-refractivity contribution < 1.29 is 38.1 Å². The predicted molar refractivity (Wildman–Crippen MR) is 287 cm³/mol. The summed E-state index contributed by atoms with van der Waals surface area (Å²) in [6, 6.07) is 0. The summed E-state index contributed by atoms with van der Waals surface area (Å²) in [4.78, 5) is 60.3. The number of carbonyl (C=O) groups excluding carboxylic acids is 4. The van der Waals surface area contributed by atoms with Crippen molar-refractivity contribution in [3.05, 3.63) is 0 Å². The molecule has 0 aromatic heterocycles. The fraction of sp³-hybridized carbons (Fsp3) is 0.930. The Balaban J connectivity index is 5.05. The lowest BCUT2D eigenvalue weighted by molar-refractivity contribution is -0.146. The van der Waals surface area contributed by atoms with Crippen molar-refractivity contribution in [2.75, 3.05) is 91.9 Å². The second kappa shape index (κ2) is 49.0. The van der Waals surface area contributed by atoms with Gasteiger partial charge in [-0.3, -0.25) is 14.5 Å². The first kappa shape index (κ1) is 66.4. The second-order valence-corrected chi connectivity index (χ2v) is 19.8. The maximum absolute atomic E-state index is 13.4. The molecule has 0 bridgehead atoms. The average molecular weight is 982 g/mol. The monoisotopic (exact) mass is 981 g/mol. The largest absolute Gasteiger partial charge is 0.465 e. The van der Waals surface area contributed by atoms with Gasteiger partial charge >= 0.3 is 24.1 Å². The first-order valence-corrected chi connectivity index (χ1v) is 29.2. The summed E-state index contributed by atoms with van der Waals surface area (Å²) >= 11 is 0. The maximum atomic E-state index is 13.4. The second-order valence-electron chi connectivity index (χ2n) is 19.8. The van der Waals surface area contributed by atoms with E-state index in [1.54, 1.807) is 0 Å². The van der Waals surface area contributed by atoms with Gasteiger partial charge in [0.05, 0.1) is 13.2 Å². The van der Waals surface area contributed by atoms with E-state index in [0.717, 1.165) is 122 Å². The van der Waals surface area contributed by atoms with Crippen molar-refractivity contribution in [3.63, 3.8) is 0 Å². The molecule has 12 heteroatoms. The number of hydrogen-bond donors (Lipinski definition) is 0. The number of unbranched alkanes of at least 4 members (excludes halogenated alkanes) is 14. The summed E-state index contributed by atoms with van der Waals surface area (Å²) in [5, 5.41) is 0. The van der Waals surface area contributed by atoms with Gasteiger partial charge < -0.3 is 33.6 Å². The van der Waals surface area contributed by atoms with Crippen LogP contribution in [-0.2, 0) is 28.5 Å². The molecule has 0 aliphatic carbocycles. The van der Waals surface area contributed by atoms with Crippen molar-refractivity contribution >= 4 is 24.1 Å². The minimum atomic E-state index is -0.290. The molecule has 408 valence electrons. The van der Waals surface area contributed by atoms with E-state index < -0.39 is 0 Å². The molecular formula is C57H112N4O8. The molecule has 0 aromatic rings. The van der Waals surface area contributed by atoms with Crippen LogP contribution < -0.4 is 0 Å². The molecule has 0 radical (unpaired) electrons. The standard InChI is InChI=1S/C57H112N4O8/c1-9-17-25-34-52(35-26-18-10-2)50-68-54(62)38-29-23-31-44-60(42-21-13-5)56(64)66-48-46-59(41-33-40-58(15-7)16-8)47-49-67-57(65)61(43-22-14-6)45-32-24-30-39-55(63)69-51-53(36-27-19-11-3)37-28-20-12-4/h52-53H,9-51H2,1-8H3. The van der Waals surface area contributed by atoms with Gasteiger partial charge in [-0.2, -0.15) is 0 Å². The van der Waals surface area contributed by atoms with Gasteiger partial charge in [-0.1, -0.05) is 158 Å². The van der Waals surface area contributed by atoms with E-state index in [2.05, 4.69) is 65.2 Å². The molecule has 0 aliphatic rings. The van der Waals surface area contributed by atoms with Crippen LogP contribution in [0.25, 0.3) is 0 Å². The molecule has 0 aliphatic heterocycles. The zero-order valence-corrected chi connectivity index (χ0v) is 46.6. The molecule has 0 saturated heterocycles. The fourth-order valence-corrected chi connectivity index (χ4v) is 8.80. The van der Waals surface area contributed by atoms with Crippen LogP contribution in [0, 0.1) is 11.8 Å². The van der Waals surface area contributed by atoms with Crippen LogP contribution in [0.3, 0.4) is 0 Å². The smallest absolute Gasteiger partial charge is 0.409 e. The van der Waals surface area contributed by atoms with Gasteiger partial charge in [-0.05, 0) is 109 Å². The van der Waals surface area contributed by atoms with Gasteiger partial charge in [0.1, 0.15) is 13.2 Å². The van der Waals surface area contributed by atoms with Crippen molar-refractivity contribution in [1.82, 2.24) is 19.6 Å². The highest BCUT2D eigenvalue weighted by atomic mass is 16.6. The van der Waals surface area contributed by atoms with E-state index in [0.29, 0.717) is 77.2 Å². The summed E-state index contributed by atoms with van der Waals surface area (Å²) in [5.74, 6) is 0.730. The quantitative estimate of drug-likeness (QED) is 0.0331. The summed E-state index contributed by atoms with van der Waals surface area (Å²) < 4.78 is 23.3. The van der Waals surface area contributed by atoms with Crippen molar-refractivity contribution in [3.8, 4) is 0 Å². The van der Waals surface area contributed by atoms with Crippen LogP contribution >= 0.6 is 0 Å². The predicted octanol–water partition coefficient (Wildman–Crippen LogP) is 14.3. The van der Waals surface area contributed by atoms with Gasteiger partial charge in [0, 0.05) is 52.1 Å². The van der Waals surface area contributed by atoms with Crippen LogP contribution in [-0.4, -0.2) is 136 Å². The van der Waals surface area contributed by atoms with Crippen LogP contribution in [0.2, 0.25) is 0 Å². The molecule has 0 aromatic carbocycles. The van der Waals surface area contributed by atoms with Crippen molar-refractivity contribution in [1.29, 1.82) is 0 Å². The third-order valence-electron chi connectivity index (χ3n) is 13.6. The Hall–Kier alpha value is -2.60. The molecule has 2 amide bonds. The Morgan fingerprint density at radius 1 is 0.333 bits per heavy atom. The minimum Gasteiger partial charge on any atom is -0.465 e. The third-order valence-corrected chi connectivity index (χ3v) is 13.6. The number of carbonyl (C=O) groups is 4. The van der Waals surface area contributed by atoms with E-state index in [-0.39, 0.29) is 37.3 Å². The first-order chi connectivity index (χ1) is 33.6. The van der Waals surface area contributed by atoms with E-state index in [1.807, 2.05) is 9.80 Å². The first-order valence-electron chi connectivity index (χ1n) is 29.2. The number of hydrogen-bond acceptors (Lipinski definition) is 10. The number of rotatable bonds is 50. The number of esters is 2. The molecule has 12 nitrogen and oxygen atoms in total. The van der Waals surface area contributed by atoms with Crippen molar-refractivity contribution in [2.24, 2.45) is 11.8 Å². The van der Waals surface area contributed by atoms with Crippen LogP contribution in [0.1, 0.15) is 242 Å². The van der Waals surface area contributed by atoms with E-state index in [1.165, 1.54) is 77.0 Å². The van der Waals surface area contributed by atoms with Crippen LogP contribution in [0.15, 0.2) is 0 Å². The lowest BCUT2D eigenvalue weighted by atomic mass is 9.96. The maximum Gasteiger partial charge on any atom is 0.409 e. The fourth-order valence-electron chi connectivity index (χ4n) is 8.80. The highest BCUT2D eigenvalue weighted by molar-refractivity contribution is 5.70. The molecule has 0 rings (SSSR count). The molecule has 0 spiro atoms. The highest BCUT2D eigenvalue weighted by Crippen LogP contribution is 2.20. The summed E-state index contributed by atoms with van der Waals surface area (Å²) in [7, 11) is 0. The van der Waals surface area contributed by atoms with Crippen molar-refractivity contribution in [2.45, 2.75) is 242 Å². The molecule has 0 N–H and O–H groups in total. The Morgan fingerprint density at radius 2 is 0.681 bits per heavy atom. The molecule has 0 saturated carbocycles. The van der Waals surface area contributed by atoms with E-state index in [9.17, 15) is 19.2 Å². The minimum absolute atomic E-state index is 0.102. The number of nitrogens with zero attached hydrogens (tertiary/aromatic N) is 4. The SMILES string of the molecule is CCCCCC(CCCCC)COC(=O)CCCCCN(CCCC)C(=O)OCCN(CCCN(CC)CC)CCOC(=O)N(CCCC)CCCCCC(=O)OCC(CCCCC)CCCCC. The zero-order chi connectivity index (χ0) is 51.0. The van der Waals surface area contributed by atoms with Gasteiger partial charge in [0.2, 0.25) is 0 Å². The molecule has 69 heavy (non-hydrogen) atoms. The number of ether oxygens (including phenoxy) is 4. The Kier molecular flexibility index (Phi) is 47.2. The van der Waals surface area contributed by atoms with Gasteiger partial charge in [-0.15, -0.1) is 0 Å². The van der Waals surface area contributed by atoms with Gasteiger partial charge in [-0.25, -0.2) is 9.59 Å². The molecule has 0 atom stereocenters. The van der Waals surface area contributed by atoms with E-state index in [4.69, 9.17) is 18.9 Å². The summed E-state index contributed by atoms with van der Waals surface area (Å²) in [6.45, 7) is 26.5. The molecular weight excluding hydrogens is 869 g/mol. The summed E-state index contributed by atoms with van der Waals surface area (Å²) in [6.07, 6.45) is 29.0. The Labute approximate surface area is 425 Å². The molecule has 0 fully saturated rings. The summed E-state index contributed by atoms with van der Waals surface area (Å²) in [5.41, 5.74) is 0. The Morgan fingerprint density at radius 3 is 1.03 bits per heavy atom. The average Bonchev–Trinajstić information content (AvgIpc) is 3.34. The molecule has 0 unspecified atom stereocenters. The van der Waals surface area contributed by atoms with E-state index >= 15 is 0 Å². The van der Waals surface area contributed by atoms with Crippen LogP contribution in [0.4, 0.5) is 9.59 Å². The van der Waals surface area contributed by atoms with Gasteiger partial charge in [0.15, 0.2) is 0 Å². The highest BCUT2D eigenvalue weighted by Gasteiger charge is 2.19.